The van der Waals surface area contributed by atoms with Gasteiger partial charge in [0.05, 0.1) is 24.5 Å². The SMILES string of the molecule is Cc1ccc([C@@H]2[C@@H](c3ccccn3)NC(=S)N2Cc2ccco2)o1. The topological polar surface area (TPSA) is 54.4 Å². The monoisotopic (exact) mass is 339 g/mol. The van der Waals surface area contributed by atoms with E-state index in [2.05, 4.69) is 15.2 Å². The number of aryl methyl sites for hydroxylation is 1. The molecule has 2 atom stereocenters. The standard InChI is InChI=1S/C18H17N3O2S/c1-12-7-8-15(23-12)17-16(14-6-2-3-9-19-14)20-18(24)21(17)11-13-5-4-10-22-13/h2-10,16-17H,11H2,1H3,(H,20,24)/t16-,17-/m1/s1. The number of thiocarbonyl (C=S) groups is 1. The molecule has 0 radical (unpaired) electrons. The minimum absolute atomic E-state index is 0.0702. The van der Waals surface area contributed by atoms with Crippen LogP contribution in [0.2, 0.25) is 0 Å². The van der Waals surface area contributed by atoms with E-state index < -0.39 is 0 Å². The number of nitrogens with one attached hydrogen (secondary N) is 1. The third-order valence-corrected chi connectivity index (χ3v) is 4.51. The highest BCUT2D eigenvalue weighted by atomic mass is 32.1. The summed E-state index contributed by atoms with van der Waals surface area (Å²) in [6, 6.07) is 13.5. The molecule has 5 nitrogen and oxygen atoms in total. The zero-order valence-corrected chi connectivity index (χ0v) is 14.0. The van der Waals surface area contributed by atoms with Crippen molar-refractivity contribution in [3.63, 3.8) is 0 Å². The number of hydrogen-bond acceptors (Lipinski definition) is 4. The van der Waals surface area contributed by atoms with Crippen LogP contribution in [0.15, 0.2) is 63.8 Å². The highest BCUT2D eigenvalue weighted by Crippen LogP contribution is 2.39. The average molecular weight is 339 g/mol. The van der Waals surface area contributed by atoms with Crippen LogP contribution in [-0.2, 0) is 6.54 Å². The third kappa shape index (κ3) is 2.69. The molecule has 4 rings (SSSR count). The first-order valence-corrected chi connectivity index (χ1v) is 8.20. The van der Waals surface area contributed by atoms with Gasteiger partial charge >= 0.3 is 0 Å². The van der Waals surface area contributed by atoms with Gasteiger partial charge in [-0.25, -0.2) is 0 Å². The second-order valence-electron chi connectivity index (χ2n) is 5.78. The predicted octanol–water partition coefficient (Wildman–Crippen LogP) is 3.75. The molecule has 1 N–H and O–H groups in total. The summed E-state index contributed by atoms with van der Waals surface area (Å²) >= 11 is 5.58. The summed E-state index contributed by atoms with van der Waals surface area (Å²) in [4.78, 5) is 6.58. The Morgan fingerprint density at radius 1 is 1.21 bits per heavy atom. The minimum Gasteiger partial charge on any atom is -0.467 e. The van der Waals surface area contributed by atoms with E-state index >= 15 is 0 Å². The molecule has 1 aliphatic rings. The van der Waals surface area contributed by atoms with Crippen molar-refractivity contribution in [2.24, 2.45) is 0 Å². The Bertz CT molecular complexity index is 829. The summed E-state index contributed by atoms with van der Waals surface area (Å²) in [6.45, 7) is 2.52. The lowest BCUT2D eigenvalue weighted by atomic mass is 10.0. The van der Waals surface area contributed by atoms with E-state index in [-0.39, 0.29) is 12.1 Å². The molecule has 0 bridgehead atoms. The van der Waals surface area contributed by atoms with Gasteiger partial charge in [0.15, 0.2) is 5.11 Å². The van der Waals surface area contributed by atoms with Gasteiger partial charge in [-0.1, -0.05) is 6.07 Å². The van der Waals surface area contributed by atoms with Crippen LogP contribution in [0.3, 0.4) is 0 Å². The van der Waals surface area contributed by atoms with Crippen molar-refractivity contribution in [3.8, 4) is 0 Å². The molecule has 1 aliphatic heterocycles. The molecule has 0 unspecified atom stereocenters. The number of hydrogen-bond donors (Lipinski definition) is 1. The number of rotatable bonds is 4. The fraction of sp³-hybridized carbons (Fsp3) is 0.222. The van der Waals surface area contributed by atoms with Gasteiger partial charge in [0.2, 0.25) is 0 Å². The maximum absolute atomic E-state index is 5.92. The molecule has 0 saturated carbocycles. The van der Waals surface area contributed by atoms with Crippen LogP contribution in [0.5, 0.6) is 0 Å². The zero-order chi connectivity index (χ0) is 16.5. The van der Waals surface area contributed by atoms with Gasteiger partial charge in [-0.15, -0.1) is 0 Å². The van der Waals surface area contributed by atoms with Crippen molar-refractivity contribution in [2.45, 2.75) is 25.6 Å². The Hall–Kier alpha value is -2.60. The molecule has 122 valence electrons. The van der Waals surface area contributed by atoms with Gasteiger partial charge in [0, 0.05) is 6.20 Å². The van der Waals surface area contributed by atoms with Gasteiger partial charge < -0.3 is 19.1 Å². The van der Waals surface area contributed by atoms with Crippen molar-refractivity contribution in [1.82, 2.24) is 15.2 Å². The Morgan fingerprint density at radius 2 is 2.12 bits per heavy atom. The third-order valence-electron chi connectivity index (χ3n) is 4.16. The van der Waals surface area contributed by atoms with E-state index in [0.29, 0.717) is 11.7 Å². The maximum atomic E-state index is 5.92. The summed E-state index contributed by atoms with van der Waals surface area (Å²) in [5.41, 5.74) is 0.931. The largest absolute Gasteiger partial charge is 0.467 e. The lowest BCUT2D eigenvalue weighted by Crippen LogP contribution is -2.28. The molecular formula is C18H17N3O2S. The summed E-state index contributed by atoms with van der Waals surface area (Å²) in [5.74, 6) is 2.59. The van der Waals surface area contributed by atoms with Crippen LogP contribution in [0, 0.1) is 6.92 Å². The Labute approximate surface area is 145 Å². The van der Waals surface area contributed by atoms with Crippen molar-refractivity contribution in [3.05, 3.63) is 77.9 Å². The van der Waals surface area contributed by atoms with E-state index in [1.807, 2.05) is 49.4 Å². The quantitative estimate of drug-likeness (QED) is 0.731. The average Bonchev–Trinajstić information content (AvgIpc) is 3.31. The Morgan fingerprint density at radius 3 is 2.79 bits per heavy atom. The molecule has 6 heteroatoms. The number of nitrogens with zero attached hydrogens (tertiary/aromatic N) is 2. The molecule has 3 aromatic rings. The lowest BCUT2D eigenvalue weighted by molar-refractivity contribution is 0.249. The van der Waals surface area contributed by atoms with Gasteiger partial charge in [-0.05, 0) is 55.5 Å². The van der Waals surface area contributed by atoms with Crippen LogP contribution in [0.1, 0.15) is 35.1 Å². The van der Waals surface area contributed by atoms with Crippen molar-refractivity contribution in [2.75, 3.05) is 0 Å². The lowest BCUT2D eigenvalue weighted by Gasteiger charge is -2.25. The Kier molecular flexibility index (Phi) is 3.82. The molecule has 0 aliphatic carbocycles. The molecular weight excluding hydrogens is 322 g/mol. The predicted molar refractivity (Wildman–Crippen MR) is 93.1 cm³/mol. The summed E-state index contributed by atoms with van der Waals surface area (Å²) in [6.07, 6.45) is 3.46. The minimum atomic E-state index is -0.0776. The molecule has 24 heavy (non-hydrogen) atoms. The second-order valence-corrected chi connectivity index (χ2v) is 6.17. The van der Waals surface area contributed by atoms with E-state index in [1.165, 1.54) is 0 Å². The zero-order valence-electron chi connectivity index (χ0n) is 13.2. The second kappa shape index (κ2) is 6.13. The number of aromatic nitrogens is 1. The van der Waals surface area contributed by atoms with Gasteiger partial charge in [0.25, 0.3) is 0 Å². The molecule has 0 amide bonds. The van der Waals surface area contributed by atoms with Crippen LogP contribution < -0.4 is 5.32 Å². The summed E-state index contributed by atoms with van der Waals surface area (Å²) < 4.78 is 11.4. The number of pyridine rings is 1. The van der Waals surface area contributed by atoms with Gasteiger partial charge in [0.1, 0.15) is 23.3 Å². The van der Waals surface area contributed by atoms with Crippen LogP contribution in [0.25, 0.3) is 0 Å². The Balaban J connectivity index is 1.73. The molecule has 4 heterocycles. The first kappa shape index (κ1) is 15.0. The first-order valence-electron chi connectivity index (χ1n) is 7.79. The fourth-order valence-corrected chi connectivity index (χ4v) is 3.37. The summed E-state index contributed by atoms with van der Waals surface area (Å²) in [7, 11) is 0. The highest BCUT2D eigenvalue weighted by Gasteiger charge is 2.41. The van der Waals surface area contributed by atoms with Crippen molar-refractivity contribution < 1.29 is 8.83 Å². The van der Waals surface area contributed by atoms with Crippen LogP contribution >= 0.6 is 12.2 Å². The van der Waals surface area contributed by atoms with E-state index in [1.54, 1.807) is 12.5 Å². The highest BCUT2D eigenvalue weighted by molar-refractivity contribution is 7.80. The number of furan rings is 2. The van der Waals surface area contributed by atoms with E-state index in [4.69, 9.17) is 21.1 Å². The molecule has 0 spiro atoms. The van der Waals surface area contributed by atoms with E-state index in [9.17, 15) is 0 Å². The van der Waals surface area contributed by atoms with E-state index in [0.717, 1.165) is 23.0 Å². The molecule has 3 aromatic heterocycles. The van der Waals surface area contributed by atoms with Crippen molar-refractivity contribution in [1.29, 1.82) is 0 Å². The van der Waals surface area contributed by atoms with Gasteiger partial charge in [-0.2, -0.15) is 0 Å². The van der Waals surface area contributed by atoms with Gasteiger partial charge in [-0.3, -0.25) is 4.98 Å². The molecule has 1 fully saturated rings. The molecule has 1 saturated heterocycles. The fourth-order valence-electron chi connectivity index (χ4n) is 3.07. The first-order chi connectivity index (χ1) is 11.7. The normalized spacial score (nSPS) is 20.4. The maximum Gasteiger partial charge on any atom is 0.170 e. The van der Waals surface area contributed by atoms with Crippen molar-refractivity contribution >= 4 is 17.3 Å². The summed E-state index contributed by atoms with van der Waals surface area (Å²) in [5, 5.41) is 4.05. The molecule has 0 aromatic carbocycles. The van der Waals surface area contributed by atoms with Crippen LogP contribution in [-0.4, -0.2) is 15.0 Å². The smallest absolute Gasteiger partial charge is 0.170 e. The van der Waals surface area contributed by atoms with Crippen LogP contribution in [0.4, 0.5) is 0 Å².